The molecule has 0 aliphatic heterocycles. The zero-order valence-electron chi connectivity index (χ0n) is 10.5. The fourth-order valence-electron chi connectivity index (χ4n) is 1.42. The van der Waals surface area contributed by atoms with Gasteiger partial charge in [-0.25, -0.2) is 14.8 Å². The predicted octanol–water partition coefficient (Wildman–Crippen LogP) is 2.41. The van der Waals surface area contributed by atoms with Gasteiger partial charge in [0.05, 0.1) is 0 Å². The van der Waals surface area contributed by atoms with Crippen molar-refractivity contribution in [1.29, 1.82) is 0 Å². The number of nitrogens with one attached hydrogen (secondary N) is 2. The highest BCUT2D eigenvalue weighted by molar-refractivity contribution is 5.89. The molecule has 0 atom stereocenters. The molecule has 0 bridgehead atoms. The topological polar surface area (TPSA) is 76.1 Å². The molecule has 0 saturated carbocycles. The Labute approximate surface area is 110 Å². The lowest BCUT2D eigenvalue weighted by Crippen LogP contribution is -2.28. The minimum atomic E-state index is -0.254. The lowest BCUT2D eigenvalue weighted by atomic mass is 10.3. The number of anilines is 1. The van der Waals surface area contributed by atoms with Crippen molar-refractivity contribution < 1.29 is 9.53 Å². The van der Waals surface area contributed by atoms with Crippen LogP contribution >= 0.6 is 0 Å². The highest BCUT2D eigenvalue weighted by atomic mass is 16.5. The molecule has 19 heavy (non-hydrogen) atoms. The lowest BCUT2D eigenvalue weighted by Gasteiger charge is -2.08. The van der Waals surface area contributed by atoms with Crippen molar-refractivity contribution in [2.75, 3.05) is 11.9 Å². The molecule has 0 aliphatic rings. The van der Waals surface area contributed by atoms with Gasteiger partial charge in [0.25, 0.3) is 0 Å². The predicted molar refractivity (Wildman–Crippen MR) is 71.2 cm³/mol. The molecule has 6 heteroatoms. The first-order valence-corrected chi connectivity index (χ1v) is 5.87. The Morgan fingerprint density at radius 1 is 1.26 bits per heavy atom. The highest BCUT2D eigenvalue weighted by Crippen LogP contribution is 2.21. The Morgan fingerprint density at radius 2 is 2.05 bits per heavy atom. The number of benzene rings is 1. The van der Waals surface area contributed by atoms with Crippen molar-refractivity contribution in [2.24, 2.45) is 0 Å². The molecular weight excluding hydrogens is 244 g/mol. The number of aromatic nitrogens is 2. The smallest absolute Gasteiger partial charge is 0.321 e. The minimum Gasteiger partial charge on any atom is -0.424 e. The monoisotopic (exact) mass is 258 g/mol. The largest absolute Gasteiger partial charge is 0.424 e. The van der Waals surface area contributed by atoms with E-state index in [0.717, 1.165) is 0 Å². The summed E-state index contributed by atoms with van der Waals surface area (Å²) in [6, 6.07) is 8.73. The molecule has 1 aromatic carbocycles. The summed E-state index contributed by atoms with van der Waals surface area (Å²) in [5.41, 5.74) is 0.638. The molecule has 0 aliphatic carbocycles. The van der Waals surface area contributed by atoms with E-state index >= 15 is 0 Å². The van der Waals surface area contributed by atoms with Crippen molar-refractivity contribution in [3.8, 4) is 11.8 Å². The van der Waals surface area contributed by atoms with Crippen LogP contribution in [0.25, 0.3) is 0 Å². The van der Waals surface area contributed by atoms with Gasteiger partial charge in [0, 0.05) is 30.7 Å². The molecule has 2 amide bonds. The number of hydrogen-bond acceptors (Lipinski definition) is 4. The van der Waals surface area contributed by atoms with Crippen LogP contribution in [0.2, 0.25) is 0 Å². The Hall–Kier alpha value is -2.63. The molecule has 1 heterocycles. The average Bonchev–Trinajstić information content (AvgIpc) is 2.40. The Kier molecular flexibility index (Phi) is 4.28. The number of nitrogens with zero attached hydrogens (tertiary/aromatic N) is 2. The Balaban J connectivity index is 2.05. The molecule has 6 nitrogen and oxygen atoms in total. The molecule has 2 rings (SSSR count). The number of ether oxygens (including phenoxy) is 1. The summed E-state index contributed by atoms with van der Waals surface area (Å²) in [7, 11) is 0. The fourth-order valence-corrected chi connectivity index (χ4v) is 1.42. The van der Waals surface area contributed by atoms with Crippen LogP contribution in [-0.4, -0.2) is 22.5 Å². The lowest BCUT2D eigenvalue weighted by molar-refractivity contribution is 0.252. The van der Waals surface area contributed by atoms with Crippen molar-refractivity contribution >= 4 is 11.7 Å². The van der Waals surface area contributed by atoms with E-state index in [1.54, 1.807) is 42.7 Å². The van der Waals surface area contributed by atoms with E-state index in [2.05, 4.69) is 20.6 Å². The van der Waals surface area contributed by atoms with Gasteiger partial charge >= 0.3 is 12.0 Å². The van der Waals surface area contributed by atoms with E-state index in [0.29, 0.717) is 18.0 Å². The van der Waals surface area contributed by atoms with Gasteiger partial charge in [0.2, 0.25) is 0 Å². The van der Waals surface area contributed by atoms with Crippen molar-refractivity contribution in [2.45, 2.75) is 6.92 Å². The van der Waals surface area contributed by atoms with Crippen LogP contribution in [0, 0.1) is 0 Å². The zero-order chi connectivity index (χ0) is 13.5. The number of urea groups is 1. The first-order valence-electron chi connectivity index (χ1n) is 5.87. The second-order valence-electron chi connectivity index (χ2n) is 3.65. The Morgan fingerprint density at radius 3 is 2.79 bits per heavy atom. The third-order valence-corrected chi connectivity index (χ3v) is 2.18. The quantitative estimate of drug-likeness (QED) is 0.883. The van der Waals surface area contributed by atoms with Crippen LogP contribution in [0.3, 0.4) is 0 Å². The maximum atomic E-state index is 11.4. The molecule has 2 aromatic rings. The first-order chi connectivity index (χ1) is 9.28. The SMILES string of the molecule is CCNC(=O)Nc1cccc(Oc2ncccn2)c1. The van der Waals surface area contributed by atoms with Crippen LogP contribution < -0.4 is 15.4 Å². The van der Waals surface area contributed by atoms with E-state index in [-0.39, 0.29) is 12.0 Å². The third kappa shape index (κ3) is 3.95. The molecule has 0 radical (unpaired) electrons. The van der Waals surface area contributed by atoms with Crippen molar-refractivity contribution in [3.05, 3.63) is 42.7 Å². The maximum Gasteiger partial charge on any atom is 0.321 e. The van der Waals surface area contributed by atoms with E-state index in [4.69, 9.17) is 4.74 Å². The summed E-state index contributed by atoms with van der Waals surface area (Å²) < 4.78 is 5.47. The van der Waals surface area contributed by atoms with Crippen LogP contribution in [0.4, 0.5) is 10.5 Å². The Bertz CT molecular complexity index is 545. The second kappa shape index (κ2) is 6.34. The number of hydrogen-bond donors (Lipinski definition) is 2. The van der Waals surface area contributed by atoms with Crippen LogP contribution in [0.15, 0.2) is 42.7 Å². The summed E-state index contributed by atoms with van der Waals surface area (Å²) in [5, 5.41) is 5.35. The van der Waals surface area contributed by atoms with E-state index < -0.39 is 0 Å². The normalized spacial score (nSPS) is 9.74. The average molecular weight is 258 g/mol. The van der Waals surface area contributed by atoms with Gasteiger partial charge in [-0.15, -0.1) is 0 Å². The first kappa shape index (κ1) is 12.8. The zero-order valence-corrected chi connectivity index (χ0v) is 10.5. The molecular formula is C13H14N4O2. The van der Waals surface area contributed by atoms with Gasteiger partial charge in [0.1, 0.15) is 5.75 Å². The number of carbonyl (C=O) groups is 1. The van der Waals surface area contributed by atoms with Crippen molar-refractivity contribution in [1.82, 2.24) is 15.3 Å². The third-order valence-electron chi connectivity index (χ3n) is 2.18. The van der Waals surface area contributed by atoms with Crippen LogP contribution in [0.1, 0.15) is 6.92 Å². The molecule has 0 spiro atoms. The van der Waals surface area contributed by atoms with Gasteiger partial charge in [-0.3, -0.25) is 0 Å². The molecule has 0 unspecified atom stereocenters. The van der Waals surface area contributed by atoms with Crippen LogP contribution in [0.5, 0.6) is 11.8 Å². The summed E-state index contributed by atoms with van der Waals surface area (Å²) in [4.78, 5) is 19.3. The van der Waals surface area contributed by atoms with Crippen LogP contribution in [-0.2, 0) is 0 Å². The van der Waals surface area contributed by atoms with Gasteiger partial charge in [0.15, 0.2) is 0 Å². The molecule has 1 aromatic heterocycles. The molecule has 0 saturated heterocycles. The number of rotatable bonds is 4. The summed E-state index contributed by atoms with van der Waals surface area (Å²) in [5.74, 6) is 0.556. The van der Waals surface area contributed by atoms with Crippen molar-refractivity contribution in [3.63, 3.8) is 0 Å². The van der Waals surface area contributed by atoms with Gasteiger partial charge in [-0.2, -0.15) is 0 Å². The molecule has 98 valence electrons. The van der Waals surface area contributed by atoms with E-state index in [9.17, 15) is 4.79 Å². The number of amides is 2. The summed E-state index contributed by atoms with van der Waals surface area (Å²) >= 11 is 0. The standard InChI is InChI=1S/C13H14N4O2/c1-2-14-12(18)17-10-5-3-6-11(9-10)19-13-15-7-4-8-16-13/h3-9H,2H2,1H3,(H2,14,17,18). The second-order valence-corrected chi connectivity index (χ2v) is 3.65. The summed E-state index contributed by atoms with van der Waals surface area (Å²) in [6.07, 6.45) is 3.19. The van der Waals surface area contributed by atoms with Gasteiger partial charge in [-0.05, 0) is 25.1 Å². The molecule has 0 fully saturated rings. The highest BCUT2D eigenvalue weighted by Gasteiger charge is 2.03. The minimum absolute atomic E-state index is 0.254. The number of carbonyl (C=O) groups excluding carboxylic acids is 1. The van der Waals surface area contributed by atoms with E-state index in [1.807, 2.05) is 6.92 Å². The maximum absolute atomic E-state index is 11.4. The summed E-state index contributed by atoms with van der Waals surface area (Å²) in [6.45, 7) is 2.42. The molecule has 2 N–H and O–H groups in total. The fraction of sp³-hybridized carbons (Fsp3) is 0.154. The van der Waals surface area contributed by atoms with Gasteiger partial charge in [-0.1, -0.05) is 6.07 Å². The van der Waals surface area contributed by atoms with Gasteiger partial charge < -0.3 is 15.4 Å². The van der Waals surface area contributed by atoms with E-state index in [1.165, 1.54) is 0 Å².